The van der Waals surface area contributed by atoms with Crippen LogP contribution in [-0.2, 0) is 0 Å². The van der Waals surface area contributed by atoms with Gasteiger partial charge in [-0.05, 0) is 50.1 Å². The SMILES string of the molecule is CC(C)c1cc(C(=O)N(C)c2ccc(C(N)=O)cc2)c2cnn(C(C)C)c2n1. The van der Waals surface area contributed by atoms with Crippen molar-refractivity contribution in [2.75, 3.05) is 11.9 Å². The predicted octanol–water partition coefficient (Wildman–Crippen LogP) is 3.51. The van der Waals surface area contributed by atoms with Crippen LogP contribution >= 0.6 is 0 Å². The number of hydrogen-bond donors (Lipinski definition) is 1. The second-order valence-corrected chi connectivity index (χ2v) is 7.44. The average molecular weight is 379 g/mol. The van der Waals surface area contributed by atoms with Crippen LogP contribution in [0.5, 0.6) is 0 Å². The maximum Gasteiger partial charge on any atom is 0.258 e. The largest absolute Gasteiger partial charge is 0.366 e. The minimum absolute atomic E-state index is 0.134. The number of fused-ring (bicyclic) bond motifs is 1. The van der Waals surface area contributed by atoms with E-state index >= 15 is 0 Å². The van der Waals surface area contributed by atoms with E-state index in [1.54, 1.807) is 42.4 Å². The molecule has 1 aromatic carbocycles. The van der Waals surface area contributed by atoms with Crippen LogP contribution in [-0.4, -0.2) is 33.6 Å². The van der Waals surface area contributed by atoms with Crippen molar-refractivity contribution in [3.05, 3.63) is 53.3 Å². The first-order chi connectivity index (χ1) is 13.2. The van der Waals surface area contributed by atoms with E-state index in [0.29, 0.717) is 22.5 Å². The monoisotopic (exact) mass is 379 g/mol. The molecular weight excluding hydrogens is 354 g/mol. The molecule has 0 radical (unpaired) electrons. The lowest BCUT2D eigenvalue weighted by Gasteiger charge is -2.19. The Hall–Kier alpha value is -3.22. The minimum atomic E-state index is -0.501. The van der Waals surface area contributed by atoms with E-state index in [1.165, 1.54) is 0 Å². The van der Waals surface area contributed by atoms with Crippen LogP contribution < -0.4 is 10.6 Å². The van der Waals surface area contributed by atoms with Crippen molar-refractivity contribution in [3.63, 3.8) is 0 Å². The first-order valence-corrected chi connectivity index (χ1v) is 9.26. The molecule has 0 aliphatic carbocycles. The van der Waals surface area contributed by atoms with Gasteiger partial charge in [-0.15, -0.1) is 0 Å². The fourth-order valence-corrected chi connectivity index (χ4v) is 3.04. The summed E-state index contributed by atoms with van der Waals surface area (Å²) in [7, 11) is 1.70. The first kappa shape index (κ1) is 19.5. The fourth-order valence-electron chi connectivity index (χ4n) is 3.04. The normalized spacial score (nSPS) is 11.4. The van der Waals surface area contributed by atoms with Gasteiger partial charge in [-0.3, -0.25) is 9.59 Å². The number of carbonyl (C=O) groups excluding carboxylic acids is 2. The van der Waals surface area contributed by atoms with Crippen molar-refractivity contribution >= 4 is 28.5 Å². The highest BCUT2D eigenvalue weighted by Gasteiger charge is 2.22. The third-order valence-electron chi connectivity index (χ3n) is 4.74. The Morgan fingerprint density at radius 2 is 1.75 bits per heavy atom. The van der Waals surface area contributed by atoms with E-state index in [0.717, 1.165) is 11.1 Å². The second-order valence-electron chi connectivity index (χ2n) is 7.44. The zero-order chi connectivity index (χ0) is 20.6. The maximum atomic E-state index is 13.3. The molecule has 2 heterocycles. The molecule has 3 rings (SSSR count). The lowest BCUT2D eigenvalue weighted by Crippen LogP contribution is -2.27. The smallest absolute Gasteiger partial charge is 0.258 e. The molecule has 0 unspecified atom stereocenters. The topological polar surface area (TPSA) is 94.1 Å². The summed E-state index contributed by atoms with van der Waals surface area (Å²) < 4.78 is 1.83. The molecule has 3 aromatic rings. The highest BCUT2D eigenvalue weighted by Crippen LogP contribution is 2.26. The maximum absolute atomic E-state index is 13.3. The van der Waals surface area contributed by atoms with E-state index < -0.39 is 5.91 Å². The molecule has 7 heteroatoms. The molecule has 0 saturated carbocycles. The van der Waals surface area contributed by atoms with Gasteiger partial charge in [0, 0.05) is 30.0 Å². The molecule has 0 bridgehead atoms. The van der Waals surface area contributed by atoms with Crippen molar-refractivity contribution in [1.29, 1.82) is 0 Å². The van der Waals surface area contributed by atoms with Gasteiger partial charge >= 0.3 is 0 Å². The third kappa shape index (κ3) is 3.47. The van der Waals surface area contributed by atoms with Gasteiger partial charge in [0.15, 0.2) is 5.65 Å². The summed E-state index contributed by atoms with van der Waals surface area (Å²) in [6.45, 7) is 8.16. The summed E-state index contributed by atoms with van der Waals surface area (Å²) in [4.78, 5) is 30.9. The molecule has 0 aliphatic rings. The van der Waals surface area contributed by atoms with Crippen molar-refractivity contribution < 1.29 is 9.59 Å². The Morgan fingerprint density at radius 3 is 2.29 bits per heavy atom. The molecule has 0 spiro atoms. The Balaban J connectivity index is 2.08. The summed E-state index contributed by atoms with van der Waals surface area (Å²) in [5, 5.41) is 5.16. The molecule has 0 aliphatic heterocycles. The van der Waals surface area contributed by atoms with Gasteiger partial charge in [-0.1, -0.05) is 13.8 Å². The number of nitrogens with zero attached hydrogens (tertiary/aromatic N) is 4. The van der Waals surface area contributed by atoms with Gasteiger partial charge in [0.05, 0.1) is 17.1 Å². The van der Waals surface area contributed by atoms with E-state index in [9.17, 15) is 9.59 Å². The first-order valence-electron chi connectivity index (χ1n) is 9.26. The highest BCUT2D eigenvalue weighted by molar-refractivity contribution is 6.13. The molecule has 0 fully saturated rings. The van der Waals surface area contributed by atoms with Gasteiger partial charge in [0.25, 0.3) is 5.91 Å². The van der Waals surface area contributed by atoms with Crippen LogP contribution in [0.15, 0.2) is 36.5 Å². The van der Waals surface area contributed by atoms with Gasteiger partial charge in [0.2, 0.25) is 5.91 Å². The Bertz CT molecular complexity index is 1030. The van der Waals surface area contributed by atoms with Crippen LogP contribution in [0.4, 0.5) is 5.69 Å². The predicted molar refractivity (Wildman–Crippen MR) is 110 cm³/mol. The van der Waals surface area contributed by atoms with E-state index in [1.807, 2.05) is 38.4 Å². The zero-order valence-corrected chi connectivity index (χ0v) is 16.8. The van der Waals surface area contributed by atoms with Crippen molar-refractivity contribution in [1.82, 2.24) is 14.8 Å². The molecule has 2 amide bonds. The number of benzene rings is 1. The van der Waals surface area contributed by atoms with E-state index in [-0.39, 0.29) is 17.9 Å². The van der Waals surface area contributed by atoms with E-state index in [4.69, 9.17) is 10.7 Å². The number of carbonyl (C=O) groups is 2. The van der Waals surface area contributed by atoms with Crippen LogP contribution in [0.1, 0.15) is 66.1 Å². The van der Waals surface area contributed by atoms with E-state index in [2.05, 4.69) is 5.10 Å². The molecule has 0 saturated heterocycles. The van der Waals surface area contributed by atoms with Gasteiger partial charge < -0.3 is 10.6 Å². The summed E-state index contributed by atoms with van der Waals surface area (Å²) in [6.07, 6.45) is 1.70. The van der Waals surface area contributed by atoms with Crippen LogP contribution in [0, 0.1) is 0 Å². The number of nitrogens with two attached hydrogens (primary N) is 1. The van der Waals surface area contributed by atoms with Crippen LogP contribution in [0.25, 0.3) is 11.0 Å². The quantitative estimate of drug-likeness (QED) is 0.734. The van der Waals surface area contributed by atoms with Crippen LogP contribution in [0.2, 0.25) is 0 Å². The standard InChI is InChI=1S/C21H25N5O2/c1-12(2)18-10-16(17-11-23-26(13(3)4)20(17)24-18)21(28)25(5)15-8-6-14(7-9-15)19(22)27/h6-13H,1-5H3,(H2,22,27). The molecular formula is C21H25N5O2. The number of aromatic nitrogens is 3. The number of primary amides is 1. The Kier molecular flexibility index (Phi) is 5.18. The number of amides is 2. The van der Waals surface area contributed by atoms with Crippen molar-refractivity contribution in [3.8, 4) is 0 Å². The minimum Gasteiger partial charge on any atom is -0.366 e. The number of pyridine rings is 1. The molecule has 2 aromatic heterocycles. The number of hydrogen-bond acceptors (Lipinski definition) is 4. The summed E-state index contributed by atoms with van der Waals surface area (Å²) in [5.74, 6) is -0.491. The third-order valence-corrected chi connectivity index (χ3v) is 4.74. The van der Waals surface area contributed by atoms with Gasteiger partial charge in [-0.2, -0.15) is 5.10 Å². The fraction of sp³-hybridized carbons (Fsp3) is 0.333. The van der Waals surface area contributed by atoms with Gasteiger partial charge in [-0.25, -0.2) is 9.67 Å². The molecule has 0 atom stereocenters. The zero-order valence-electron chi connectivity index (χ0n) is 16.8. The number of rotatable bonds is 5. The van der Waals surface area contributed by atoms with Crippen LogP contribution in [0.3, 0.4) is 0 Å². The molecule has 7 nitrogen and oxygen atoms in total. The number of anilines is 1. The Morgan fingerprint density at radius 1 is 1.11 bits per heavy atom. The van der Waals surface area contributed by atoms with Crippen molar-refractivity contribution in [2.45, 2.75) is 39.7 Å². The Labute approximate surface area is 164 Å². The second kappa shape index (κ2) is 7.42. The summed E-state index contributed by atoms with van der Waals surface area (Å²) in [5.41, 5.74) is 8.47. The lowest BCUT2D eigenvalue weighted by molar-refractivity contribution is 0.0990. The lowest BCUT2D eigenvalue weighted by atomic mass is 10.0. The van der Waals surface area contributed by atoms with Gasteiger partial charge in [0.1, 0.15) is 0 Å². The average Bonchev–Trinajstić information content (AvgIpc) is 3.10. The summed E-state index contributed by atoms with van der Waals surface area (Å²) >= 11 is 0. The molecule has 28 heavy (non-hydrogen) atoms. The summed E-state index contributed by atoms with van der Waals surface area (Å²) in [6, 6.07) is 8.61. The molecule has 146 valence electrons. The molecule has 2 N–H and O–H groups in total. The van der Waals surface area contributed by atoms with Crippen molar-refractivity contribution in [2.24, 2.45) is 5.73 Å². The highest BCUT2D eigenvalue weighted by atomic mass is 16.2.